The van der Waals surface area contributed by atoms with E-state index in [-0.39, 0.29) is 5.91 Å². The molecule has 0 aromatic rings. The van der Waals surface area contributed by atoms with Crippen molar-refractivity contribution in [1.29, 1.82) is 0 Å². The number of hydrogen-bond donors (Lipinski definition) is 1. The molecule has 0 radical (unpaired) electrons. The summed E-state index contributed by atoms with van der Waals surface area (Å²) in [7, 11) is 0. The summed E-state index contributed by atoms with van der Waals surface area (Å²) in [6.45, 7) is 4.07. The van der Waals surface area contributed by atoms with Crippen molar-refractivity contribution >= 4 is 29.1 Å². The number of rotatable bonds is 3. The third-order valence-corrected chi connectivity index (χ3v) is 5.79. The molecule has 5 heteroatoms. The lowest BCUT2D eigenvalue weighted by atomic mass is 10.0. The van der Waals surface area contributed by atoms with Crippen LogP contribution in [0.15, 0.2) is 0 Å². The Morgan fingerprint density at radius 1 is 1.22 bits per heavy atom. The number of halogens is 2. The van der Waals surface area contributed by atoms with Gasteiger partial charge < -0.3 is 10.2 Å². The number of hydrogen-bond acceptors (Lipinski definition) is 2. The molecule has 1 heterocycles. The van der Waals surface area contributed by atoms with Crippen LogP contribution in [0.4, 0.5) is 0 Å². The molecule has 3 rings (SSSR count). The van der Waals surface area contributed by atoms with Crippen molar-refractivity contribution in [2.75, 3.05) is 13.1 Å². The first-order chi connectivity index (χ1) is 8.42. The topological polar surface area (TPSA) is 32.3 Å². The Balaban J connectivity index is 1.48. The zero-order valence-corrected chi connectivity index (χ0v) is 12.2. The van der Waals surface area contributed by atoms with Crippen LogP contribution in [0.5, 0.6) is 0 Å². The summed E-state index contributed by atoms with van der Waals surface area (Å²) in [6, 6.07) is 1.13. The van der Waals surface area contributed by atoms with Crippen LogP contribution in [0.25, 0.3) is 0 Å². The normalized spacial score (nSPS) is 36.4. The summed E-state index contributed by atoms with van der Waals surface area (Å²) in [5.74, 6) is 0.0253. The Kier molecular flexibility index (Phi) is 3.08. The Morgan fingerprint density at radius 2 is 1.78 bits per heavy atom. The Labute approximate surface area is 118 Å². The second-order valence-electron chi connectivity index (χ2n) is 6.23. The van der Waals surface area contributed by atoms with E-state index in [1.807, 2.05) is 6.92 Å². The largest absolute Gasteiger partial charge is 0.353 e. The number of nitrogens with zero attached hydrogens (tertiary/aromatic N) is 1. The van der Waals surface area contributed by atoms with Crippen LogP contribution in [0.2, 0.25) is 0 Å². The lowest BCUT2D eigenvalue weighted by Gasteiger charge is -2.33. The van der Waals surface area contributed by atoms with Crippen molar-refractivity contribution in [3.8, 4) is 0 Å². The summed E-state index contributed by atoms with van der Waals surface area (Å²) in [5.41, 5.74) is -0.580. The summed E-state index contributed by atoms with van der Waals surface area (Å²) in [5, 5.41) is 3.12. The van der Waals surface area contributed by atoms with Gasteiger partial charge in [-0.05, 0) is 39.0 Å². The fourth-order valence-corrected chi connectivity index (χ4v) is 3.55. The molecule has 2 saturated carbocycles. The molecule has 102 valence electrons. The van der Waals surface area contributed by atoms with Crippen molar-refractivity contribution in [2.24, 2.45) is 5.41 Å². The minimum Gasteiger partial charge on any atom is -0.353 e. The highest BCUT2D eigenvalue weighted by molar-refractivity contribution is 6.53. The number of carbonyl (C=O) groups excluding carboxylic acids is 1. The molecule has 1 unspecified atom stereocenters. The Bertz CT molecular complexity index is 362. The van der Waals surface area contributed by atoms with Crippen molar-refractivity contribution < 1.29 is 4.79 Å². The molecule has 0 bridgehead atoms. The van der Waals surface area contributed by atoms with E-state index < -0.39 is 9.75 Å². The molecular weight excluding hydrogens is 271 g/mol. The molecule has 3 fully saturated rings. The summed E-state index contributed by atoms with van der Waals surface area (Å²) < 4.78 is -0.855. The third-order valence-electron chi connectivity index (χ3n) is 4.69. The van der Waals surface area contributed by atoms with Crippen LogP contribution in [0, 0.1) is 5.41 Å². The number of amides is 1. The standard InChI is InChI=1S/C13H20Cl2N2O/c1-12(8-13(12,14)15)11(18)16-9-4-6-17(7-5-9)10-2-3-10/h9-10H,2-8H2,1H3,(H,16,18). The third kappa shape index (κ3) is 2.25. The minimum atomic E-state index is -0.855. The number of nitrogens with one attached hydrogen (secondary N) is 1. The SMILES string of the molecule is CC1(C(=O)NC2CCN(C3CC3)CC2)CC1(Cl)Cl. The van der Waals surface area contributed by atoms with Gasteiger partial charge in [0.1, 0.15) is 4.33 Å². The molecule has 1 N–H and O–H groups in total. The van der Waals surface area contributed by atoms with Crippen molar-refractivity contribution in [3.63, 3.8) is 0 Å². The molecule has 2 aliphatic carbocycles. The summed E-state index contributed by atoms with van der Waals surface area (Å²) in [6.07, 6.45) is 5.38. The molecule has 1 amide bonds. The molecule has 0 spiro atoms. The van der Waals surface area contributed by atoms with Gasteiger partial charge in [-0.15, -0.1) is 23.2 Å². The molecule has 1 saturated heterocycles. The van der Waals surface area contributed by atoms with Gasteiger partial charge in [0.05, 0.1) is 5.41 Å². The van der Waals surface area contributed by atoms with Gasteiger partial charge in [-0.25, -0.2) is 0 Å². The monoisotopic (exact) mass is 290 g/mol. The number of likely N-dealkylation sites (tertiary alicyclic amines) is 1. The van der Waals surface area contributed by atoms with E-state index in [4.69, 9.17) is 23.2 Å². The lowest BCUT2D eigenvalue weighted by Crippen LogP contribution is -2.47. The van der Waals surface area contributed by atoms with E-state index in [1.165, 1.54) is 12.8 Å². The maximum absolute atomic E-state index is 12.1. The Hall–Kier alpha value is 0.01000. The number of alkyl halides is 2. The van der Waals surface area contributed by atoms with Gasteiger partial charge in [0, 0.05) is 25.2 Å². The molecule has 1 atom stereocenters. The fourth-order valence-electron chi connectivity index (χ4n) is 2.84. The van der Waals surface area contributed by atoms with Gasteiger partial charge in [0.25, 0.3) is 0 Å². The number of carbonyl (C=O) groups is 1. The summed E-state index contributed by atoms with van der Waals surface area (Å²) in [4.78, 5) is 14.7. The van der Waals surface area contributed by atoms with Gasteiger partial charge >= 0.3 is 0 Å². The van der Waals surface area contributed by atoms with Crippen LogP contribution in [0.3, 0.4) is 0 Å². The number of piperidine rings is 1. The van der Waals surface area contributed by atoms with Crippen LogP contribution in [-0.2, 0) is 4.79 Å². The van der Waals surface area contributed by atoms with Crippen molar-refractivity contribution in [1.82, 2.24) is 10.2 Å². The first-order valence-electron chi connectivity index (χ1n) is 6.85. The van der Waals surface area contributed by atoms with Gasteiger partial charge in [-0.3, -0.25) is 4.79 Å². The van der Waals surface area contributed by atoms with Crippen molar-refractivity contribution in [3.05, 3.63) is 0 Å². The van der Waals surface area contributed by atoms with E-state index in [2.05, 4.69) is 10.2 Å². The molecule has 1 aliphatic heterocycles. The van der Waals surface area contributed by atoms with Crippen molar-refractivity contribution in [2.45, 2.75) is 55.4 Å². The van der Waals surface area contributed by atoms with Gasteiger partial charge in [-0.1, -0.05) is 0 Å². The van der Waals surface area contributed by atoms with E-state index in [1.54, 1.807) is 0 Å². The van der Waals surface area contributed by atoms with Gasteiger partial charge in [0.15, 0.2) is 0 Å². The predicted octanol–water partition coefficient (Wildman–Crippen LogP) is 2.31. The highest BCUT2D eigenvalue weighted by atomic mass is 35.5. The van der Waals surface area contributed by atoms with E-state index in [0.29, 0.717) is 12.5 Å². The maximum atomic E-state index is 12.1. The molecule has 3 nitrogen and oxygen atoms in total. The van der Waals surface area contributed by atoms with Crippen LogP contribution in [-0.4, -0.2) is 40.3 Å². The highest BCUT2D eigenvalue weighted by Crippen LogP contribution is 2.63. The molecule has 0 aromatic heterocycles. The van der Waals surface area contributed by atoms with Crippen LogP contribution in [0.1, 0.15) is 39.0 Å². The first-order valence-corrected chi connectivity index (χ1v) is 7.61. The second kappa shape index (κ2) is 4.26. The molecular formula is C13H20Cl2N2O. The fraction of sp³-hybridized carbons (Fsp3) is 0.923. The zero-order chi connectivity index (χ0) is 13.0. The zero-order valence-electron chi connectivity index (χ0n) is 10.7. The molecule has 18 heavy (non-hydrogen) atoms. The average Bonchev–Trinajstić information content (AvgIpc) is 3.19. The van der Waals surface area contributed by atoms with Gasteiger partial charge in [0.2, 0.25) is 5.91 Å². The highest BCUT2D eigenvalue weighted by Gasteiger charge is 2.68. The van der Waals surface area contributed by atoms with E-state index in [0.717, 1.165) is 32.0 Å². The average molecular weight is 291 g/mol. The molecule has 3 aliphatic rings. The minimum absolute atomic E-state index is 0.0253. The van der Waals surface area contributed by atoms with Gasteiger partial charge in [-0.2, -0.15) is 0 Å². The quantitative estimate of drug-likeness (QED) is 0.809. The molecule has 0 aromatic carbocycles. The lowest BCUT2D eigenvalue weighted by molar-refractivity contribution is -0.126. The smallest absolute Gasteiger partial charge is 0.229 e. The van der Waals surface area contributed by atoms with E-state index in [9.17, 15) is 4.79 Å². The summed E-state index contributed by atoms with van der Waals surface area (Å²) >= 11 is 12.1. The second-order valence-corrected chi connectivity index (χ2v) is 7.71. The maximum Gasteiger partial charge on any atom is 0.229 e. The van der Waals surface area contributed by atoms with Crippen LogP contribution >= 0.6 is 23.2 Å². The predicted molar refractivity (Wildman–Crippen MR) is 72.9 cm³/mol. The van der Waals surface area contributed by atoms with E-state index >= 15 is 0 Å². The van der Waals surface area contributed by atoms with Crippen LogP contribution < -0.4 is 5.32 Å². The Morgan fingerprint density at radius 3 is 2.22 bits per heavy atom. The first kappa shape index (κ1) is 13.0.